The monoisotopic (exact) mass is 238 g/mol. The normalized spacial score (nSPS) is 13.2. The molecule has 0 spiro atoms. The van der Waals surface area contributed by atoms with Gasteiger partial charge in [0.05, 0.1) is 12.8 Å². The number of nitrogens with zero attached hydrogens (tertiary/aromatic N) is 1. The van der Waals surface area contributed by atoms with Crippen LogP contribution >= 0.6 is 0 Å². The summed E-state index contributed by atoms with van der Waals surface area (Å²) in [5.41, 5.74) is 6.11. The predicted molar refractivity (Wildman–Crippen MR) is 71.8 cm³/mol. The molecule has 0 aliphatic rings. The van der Waals surface area contributed by atoms with E-state index >= 15 is 0 Å². The first-order valence-corrected chi connectivity index (χ1v) is 6.76. The molecule has 0 fully saturated rings. The van der Waals surface area contributed by atoms with E-state index in [9.17, 15) is 0 Å². The fourth-order valence-electron chi connectivity index (χ4n) is 2.03. The molecule has 1 aromatic heterocycles. The van der Waals surface area contributed by atoms with Gasteiger partial charge < -0.3 is 10.2 Å². The fourth-order valence-corrected chi connectivity index (χ4v) is 2.03. The molecule has 2 N–H and O–H groups in total. The highest BCUT2D eigenvalue weighted by Crippen LogP contribution is 2.08. The highest BCUT2D eigenvalue weighted by molar-refractivity contribution is 4.98. The molecule has 1 atom stereocenters. The van der Waals surface area contributed by atoms with Gasteiger partial charge in [-0.15, -0.1) is 0 Å². The van der Waals surface area contributed by atoms with E-state index in [1.807, 2.05) is 12.1 Å². The molecule has 0 radical (unpaired) electrons. The maximum absolute atomic E-state index is 6.11. The highest BCUT2D eigenvalue weighted by Gasteiger charge is 2.11. The van der Waals surface area contributed by atoms with Crippen molar-refractivity contribution in [2.45, 2.75) is 52.1 Å². The number of hydrogen-bond donors (Lipinski definition) is 1. The third-order valence-corrected chi connectivity index (χ3v) is 2.94. The van der Waals surface area contributed by atoms with E-state index in [-0.39, 0.29) is 6.04 Å². The first-order chi connectivity index (χ1) is 8.26. The summed E-state index contributed by atoms with van der Waals surface area (Å²) in [7, 11) is 0. The fraction of sp³-hybridized carbons (Fsp3) is 0.714. The molecule has 1 aromatic rings. The van der Waals surface area contributed by atoms with E-state index in [0.717, 1.165) is 38.2 Å². The van der Waals surface area contributed by atoms with Gasteiger partial charge in [-0.25, -0.2) is 0 Å². The van der Waals surface area contributed by atoms with E-state index in [2.05, 4.69) is 18.7 Å². The van der Waals surface area contributed by atoms with Crippen LogP contribution in [0.4, 0.5) is 0 Å². The first kappa shape index (κ1) is 14.3. The van der Waals surface area contributed by atoms with Crippen LogP contribution in [0.5, 0.6) is 0 Å². The zero-order chi connectivity index (χ0) is 12.5. The Morgan fingerprint density at radius 2 is 2.18 bits per heavy atom. The van der Waals surface area contributed by atoms with Crippen molar-refractivity contribution in [1.29, 1.82) is 0 Å². The van der Waals surface area contributed by atoms with Gasteiger partial charge in [0.25, 0.3) is 0 Å². The van der Waals surface area contributed by atoms with E-state index in [1.54, 1.807) is 6.26 Å². The molecule has 98 valence electrons. The molecule has 1 unspecified atom stereocenters. The van der Waals surface area contributed by atoms with Gasteiger partial charge in [0, 0.05) is 12.6 Å². The molecule has 0 aromatic carbocycles. The van der Waals surface area contributed by atoms with Gasteiger partial charge in [0.1, 0.15) is 5.76 Å². The van der Waals surface area contributed by atoms with Gasteiger partial charge in [0.15, 0.2) is 0 Å². The van der Waals surface area contributed by atoms with Crippen LogP contribution in [0.15, 0.2) is 22.8 Å². The Hall–Kier alpha value is -0.800. The molecule has 3 nitrogen and oxygen atoms in total. The quantitative estimate of drug-likeness (QED) is 0.719. The summed E-state index contributed by atoms with van der Waals surface area (Å²) in [4.78, 5) is 2.41. The van der Waals surface area contributed by atoms with Crippen molar-refractivity contribution < 1.29 is 4.42 Å². The Bertz CT molecular complexity index is 272. The Balaban J connectivity index is 2.42. The summed E-state index contributed by atoms with van der Waals surface area (Å²) in [5.74, 6) is 1.03. The molecular weight excluding hydrogens is 212 g/mol. The molecule has 0 aliphatic carbocycles. The second-order valence-electron chi connectivity index (χ2n) is 4.72. The lowest BCUT2D eigenvalue weighted by Crippen LogP contribution is -2.37. The van der Waals surface area contributed by atoms with Gasteiger partial charge >= 0.3 is 0 Å². The van der Waals surface area contributed by atoms with E-state index in [0.29, 0.717) is 0 Å². The summed E-state index contributed by atoms with van der Waals surface area (Å²) in [6.07, 6.45) is 6.43. The van der Waals surface area contributed by atoms with Crippen molar-refractivity contribution in [3.63, 3.8) is 0 Å². The second-order valence-corrected chi connectivity index (χ2v) is 4.72. The van der Waals surface area contributed by atoms with E-state index in [4.69, 9.17) is 10.2 Å². The van der Waals surface area contributed by atoms with Crippen LogP contribution in [-0.2, 0) is 6.54 Å². The maximum Gasteiger partial charge on any atom is 0.117 e. The summed E-state index contributed by atoms with van der Waals surface area (Å²) in [6, 6.07) is 4.26. The molecule has 17 heavy (non-hydrogen) atoms. The number of unbranched alkanes of at least 4 members (excludes halogenated alkanes) is 1. The Labute approximate surface area is 105 Å². The second kappa shape index (κ2) is 8.31. The summed E-state index contributed by atoms with van der Waals surface area (Å²) >= 11 is 0. The van der Waals surface area contributed by atoms with Crippen molar-refractivity contribution in [2.75, 3.05) is 13.1 Å². The Kier molecular flexibility index (Phi) is 6.97. The van der Waals surface area contributed by atoms with Crippen molar-refractivity contribution in [3.8, 4) is 0 Å². The minimum Gasteiger partial charge on any atom is -0.468 e. The summed E-state index contributed by atoms with van der Waals surface area (Å²) in [5, 5.41) is 0. The highest BCUT2D eigenvalue weighted by atomic mass is 16.3. The standard InChI is InChI=1S/C14H26N2O/c1-3-5-9-16(11-13(15)7-4-2)12-14-8-6-10-17-14/h6,8,10,13H,3-5,7,9,11-12,15H2,1-2H3. The summed E-state index contributed by atoms with van der Waals surface area (Å²) < 4.78 is 5.40. The SMILES string of the molecule is CCCCN(Cc1ccco1)CC(N)CCC. The topological polar surface area (TPSA) is 42.4 Å². The molecule has 3 heteroatoms. The number of rotatable bonds is 9. The molecule has 1 rings (SSSR count). The number of furan rings is 1. The average molecular weight is 238 g/mol. The molecule has 0 saturated heterocycles. The Morgan fingerprint density at radius 3 is 2.76 bits per heavy atom. The number of hydrogen-bond acceptors (Lipinski definition) is 3. The molecular formula is C14H26N2O. The van der Waals surface area contributed by atoms with Crippen molar-refractivity contribution >= 4 is 0 Å². The smallest absolute Gasteiger partial charge is 0.117 e. The third-order valence-electron chi connectivity index (χ3n) is 2.94. The number of nitrogens with two attached hydrogens (primary N) is 1. The Morgan fingerprint density at radius 1 is 1.35 bits per heavy atom. The van der Waals surface area contributed by atoms with Crippen molar-refractivity contribution in [2.24, 2.45) is 5.73 Å². The van der Waals surface area contributed by atoms with E-state index in [1.165, 1.54) is 12.8 Å². The summed E-state index contributed by atoms with van der Waals surface area (Å²) in [6.45, 7) is 7.35. The van der Waals surface area contributed by atoms with Gasteiger partial charge in [-0.05, 0) is 31.5 Å². The van der Waals surface area contributed by atoms with E-state index < -0.39 is 0 Å². The van der Waals surface area contributed by atoms with Crippen LogP contribution in [0.2, 0.25) is 0 Å². The van der Waals surface area contributed by atoms with Crippen LogP contribution in [0.25, 0.3) is 0 Å². The third kappa shape index (κ3) is 5.89. The zero-order valence-electron chi connectivity index (χ0n) is 11.2. The van der Waals surface area contributed by atoms with Crippen LogP contribution in [0, 0.1) is 0 Å². The van der Waals surface area contributed by atoms with Crippen LogP contribution < -0.4 is 5.73 Å². The lowest BCUT2D eigenvalue weighted by Gasteiger charge is -2.24. The largest absolute Gasteiger partial charge is 0.468 e. The van der Waals surface area contributed by atoms with Crippen LogP contribution in [0.1, 0.15) is 45.3 Å². The minimum absolute atomic E-state index is 0.284. The molecule has 0 aliphatic heterocycles. The zero-order valence-corrected chi connectivity index (χ0v) is 11.2. The van der Waals surface area contributed by atoms with Gasteiger partial charge in [-0.2, -0.15) is 0 Å². The maximum atomic E-state index is 6.11. The van der Waals surface area contributed by atoms with Crippen LogP contribution in [0.3, 0.4) is 0 Å². The molecule has 1 heterocycles. The lowest BCUT2D eigenvalue weighted by molar-refractivity contribution is 0.223. The predicted octanol–water partition coefficient (Wildman–Crippen LogP) is 3.01. The molecule has 0 bridgehead atoms. The minimum atomic E-state index is 0.284. The van der Waals surface area contributed by atoms with Crippen molar-refractivity contribution in [3.05, 3.63) is 24.2 Å². The average Bonchev–Trinajstić information content (AvgIpc) is 2.79. The van der Waals surface area contributed by atoms with Crippen LogP contribution in [-0.4, -0.2) is 24.0 Å². The molecule has 0 amide bonds. The molecule has 0 saturated carbocycles. The first-order valence-electron chi connectivity index (χ1n) is 6.76. The van der Waals surface area contributed by atoms with Gasteiger partial charge in [-0.3, -0.25) is 4.90 Å². The lowest BCUT2D eigenvalue weighted by atomic mass is 10.1. The van der Waals surface area contributed by atoms with Gasteiger partial charge in [-0.1, -0.05) is 26.7 Å². The van der Waals surface area contributed by atoms with Crippen molar-refractivity contribution in [1.82, 2.24) is 4.90 Å². The van der Waals surface area contributed by atoms with Gasteiger partial charge in [0.2, 0.25) is 0 Å².